The summed E-state index contributed by atoms with van der Waals surface area (Å²) in [4.78, 5) is 18.1. The van der Waals surface area contributed by atoms with Crippen LogP contribution in [0.4, 0.5) is 5.82 Å². The van der Waals surface area contributed by atoms with E-state index in [1.54, 1.807) is 12.1 Å². The van der Waals surface area contributed by atoms with Gasteiger partial charge in [-0.05, 0) is 44.4 Å². The number of hydrogen-bond acceptors (Lipinski definition) is 4. The molecule has 5 nitrogen and oxygen atoms in total. The predicted octanol–water partition coefficient (Wildman–Crippen LogP) is 1.44. The average molecular weight is 276 g/mol. The molecular formula is C15H24N4O. The summed E-state index contributed by atoms with van der Waals surface area (Å²) in [6.07, 6.45) is 4.76. The Morgan fingerprint density at radius 2 is 2.10 bits per heavy atom. The van der Waals surface area contributed by atoms with Crippen LogP contribution in [-0.2, 0) is 0 Å². The van der Waals surface area contributed by atoms with Gasteiger partial charge in [0.05, 0.1) is 0 Å². The number of anilines is 1. The third-order valence-corrected chi connectivity index (χ3v) is 4.25. The summed E-state index contributed by atoms with van der Waals surface area (Å²) in [7, 11) is 2.03. The van der Waals surface area contributed by atoms with Crippen LogP contribution < -0.4 is 16.4 Å². The summed E-state index contributed by atoms with van der Waals surface area (Å²) in [5.41, 5.74) is 12.6. The molecule has 1 fully saturated rings. The molecule has 4 N–H and O–H groups in total. The molecule has 1 heterocycles. The molecule has 0 saturated heterocycles. The smallest absolute Gasteiger partial charge is 0.248 e. The Morgan fingerprint density at radius 3 is 2.75 bits per heavy atom. The average Bonchev–Trinajstić information content (AvgIpc) is 2.45. The minimum Gasteiger partial charge on any atom is -0.366 e. The van der Waals surface area contributed by atoms with Gasteiger partial charge in [0.1, 0.15) is 5.82 Å². The number of hydrogen-bond donors (Lipinski definition) is 2. The molecule has 0 bridgehead atoms. The number of primary amides is 1. The van der Waals surface area contributed by atoms with Crippen molar-refractivity contribution in [1.29, 1.82) is 0 Å². The molecule has 20 heavy (non-hydrogen) atoms. The standard InChI is InChI=1S/C15H24N4O/c1-10-7-12(15(17)20)8-14(18-10)19(2)13-6-4-3-5-11(13)9-16/h7-8,11,13H,3-6,9,16H2,1-2H3,(H2,17,20). The van der Waals surface area contributed by atoms with Crippen molar-refractivity contribution in [1.82, 2.24) is 4.98 Å². The highest BCUT2D eigenvalue weighted by molar-refractivity contribution is 5.93. The lowest BCUT2D eigenvalue weighted by molar-refractivity contribution is 0.1000. The van der Waals surface area contributed by atoms with Gasteiger partial charge in [0.2, 0.25) is 5.91 Å². The fourth-order valence-electron chi connectivity index (χ4n) is 3.12. The molecule has 110 valence electrons. The summed E-state index contributed by atoms with van der Waals surface area (Å²) in [5, 5.41) is 0. The summed E-state index contributed by atoms with van der Waals surface area (Å²) in [6.45, 7) is 2.58. The second kappa shape index (κ2) is 6.22. The molecule has 2 unspecified atom stereocenters. The largest absolute Gasteiger partial charge is 0.366 e. The maximum Gasteiger partial charge on any atom is 0.248 e. The number of amides is 1. The van der Waals surface area contributed by atoms with Gasteiger partial charge in [-0.1, -0.05) is 12.8 Å². The van der Waals surface area contributed by atoms with Gasteiger partial charge >= 0.3 is 0 Å². The summed E-state index contributed by atoms with van der Waals surface area (Å²) < 4.78 is 0. The summed E-state index contributed by atoms with van der Waals surface area (Å²) in [6, 6.07) is 3.89. The van der Waals surface area contributed by atoms with Gasteiger partial charge in [0.15, 0.2) is 0 Å². The Hall–Kier alpha value is -1.62. The Balaban J connectivity index is 2.27. The van der Waals surface area contributed by atoms with Crippen LogP contribution in [0.15, 0.2) is 12.1 Å². The van der Waals surface area contributed by atoms with Gasteiger partial charge in [-0.2, -0.15) is 0 Å². The highest BCUT2D eigenvalue weighted by Gasteiger charge is 2.28. The lowest BCUT2D eigenvalue weighted by Gasteiger charge is -2.38. The second-order valence-corrected chi connectivity index (χ2v) is 5.68. The Labute approximate surface area is 120 Å². The van der Waals surface area contributed by atoms with Crippen LogP contribution in [0.3, 0.4) is 0 Å². The van der Waals surface area contributed by atoms with Crippen LogP contribution >= 0.6 is 0 Å². The molecule has 1 saturated carbocycles. The van der Waals surface area contributed by atoms with Crippen LogP contribution in [0.25, 0.3) is 0 Å². The number of nitrogens with zero attached hydrogens (tertiary/aromatic N) is 2. The number of nitrogens with two attached hydrogens (primary N) is 2. The van der Waals surface area contributed by atoms with Gasteiger partial charge in [-0.15, -0.1) is 0 Å². The van der Waals surface area contributed by atoms with Crippen LogP contribution in [0.1, 0.15) is 41.7 Å². The molecule has 2 rings (SSSR count). The van der Waals surface area contributed by atoms with Crippen molar-refractivity contribution in [3.8, 4) is 0 Å². The Morgan fingerprint density at radius 1 is 1.40 bits per heavy atom. The van der Waals surface area contributed by atoms with Gasteiger partial charge in [0, 0.05) is 24.3 Å². The maximum atomic E-state index is 11.4. The van der Waals surface area contributed by atoms with Crippen LogP contribution in [-0.4, -0.2) is 30.5 Å². The van der Waals surface area contributed by atoms with E-state index in [1.165, 1.54) is 19.3 Å². The lowest BCUT2D eigenvalue weighted by Crippen LogP contribution is -2.43. The number of rotatable bonds is 4. The van der Waals surface area contributed by atoms with Crippen molar-refractivity contribution < 1.29 is 4.79 Å². The maximum absolute atomic E-state index is 11.4. The number of aryl methyl sites for hydroxylation is 1. The molecule has 1 amide bonds. The summed E-state index contributed by atoms with van der Waals surface area (Å²) in [5.74, 6) is 0.890. The fraction of sp³-hybridized carbons (Fsp3) is 0.600. The Kier molecular flexibility index (Phi) is 4.60. The third-order valence-electron chi connectivity index (χ3n) is 4.25. The molecule has 2 atom stereocenters. The molecule has 1 aliphatic rings. The van der Waals surface area contributed by atoms with Gasteiger partial charge in [0.25, 0.3) is 0 Å². The molecule has 1 aromatic rings. The van der Waals surface area contributed by atoms with Gasteiger partial charge < -0.3 is 16.4 Å². The quantitative estimate of drug-likeness (QED) is 0.871. The van der Waals surface area contributed by atoms with Gasteiger partial charge in [-0.25, -0.2) is 4.98 Å². The first-order chi connectivity index (χ1) is 9.52. The van der Waals surface area contributed by atoms with E-state index in [0.29, 0.717) is 24.1 Å². The van der Waals surface area contributed by atoms with Crippen molar-refractivity contribution in [3.05, 3.63) is 23.4 Å². The lowest BCUT2D eigenvalue weighted by atomic mass is 9.83. The zero-order chi connectivity index (χ0) is 14.7. The minimum absolute atomic E-state index is 0.392. The molecular weight excluding hydrogens is 252 g/mol. The van der Waals surface area contributed by atoms with E-state index < -0.39 is 5.91 Å². The van der Waals surface area contributed by atoms with Crippen LogP contribution in [0.5, 0.6) is 0 Å². The van der Waals surface area contributed by atoms with Crippen LogP contribution in [0, 0.1) is 12.8 Å². The van der Waals surface area contributed by atoms with Crippen molar-refractivity contribution in [3.63, 3.8) is 0 Å². The fourth-order valence-corrected chi connectivity index (χ4v) is 3.12. The highest BCUT2D eigenvalue weighted by atomic mass is 16.1. The van der Waals surface area contributed by atoms with Crippen molar-refractivity contribution in [2.45, 2.75) is 38.6 Å². The van der Waals surface area contributed by atoms with E-state index in [1.807, 2.05) is 14.0 Å². The third kappa shape index (κ3) is 3.10. The topological polar surface area (TPSA) is 85.2 Å². The number of carbonyl (C=O) groups is 1. The van der Waals surface area contributed by atoms with E-state index in [9.17, 15) is 4.79 Å². The minimum atomic E-state index is -0.413. The number of carbonyl (C=O) groups excluding carboxylic acids is 1. The SMILES string of the molecule is Cc1cc(C(N)=O)cc(N(C)C2CCCCC2CN)n1. The monoisotopic (exact) mass is 276 g/mol. The van der Waals surface area contributed by atoms with E-state index >= 15 is 0 Å². The van der Waals surface area contributed by atoms with Crippen molar-refractivity contribution in [2.75, 3.05) is 18.5 Å². The summed E-state index contributed by atoms with van der Waals surface area (Å²) >= 11 is 0. The molecule has 1 aromatic heterocycles. The first-order valence-corrected chi connectivity index (χ1v) is 7.24. The highest BCUT2D eigenvalue weighted by Crippen LogP contribution is 2.29. The normalized spacial score (nSPS) is 22.6. The predicted molar refractivity (Wildman–Crippen MR) is 80.7 cm³/mol. The zero-order valence-electron chi connectivity index (χ0n) is 12.3. The molecule has 0 spiro atoms. The van der Waals surface area contributed by atoms with Gasteiger partial charge in [-0.3, -0.25) is 4.79 Å². The number of pyridine rings is 1. The second-order valence-electron chi connectivity index (χ2n) is 5.68. The van der Waals surface area contributed by atoms with E-state index in [0.717, 1.165) is 17.9 Å². The number of aromatic nitrogens is 1. The van der Waals surface area contributed by atoms with Crippen LogP contribution in [0.2, 0.25) is 0 Å². The molecule has 0 aromatic carbocycles. The van der Waals surface area contributed by atoms with Crippen molar-refractivity contribution in [2.24, 2.45) is 17.4 Å². The molecule has 1 aliphatic carbocycles. The molecule has 0 aliphatic heterocycles. The first-order valence-electron chi connectivity index (χ1n) is 7.24. The first kappa shape index (κ1) is 14.8. The zero-order valence-corrected chi connectivity index (χ0v) is 12.3. The van der Waals surface area contributed by atoms with E-state index in [4.69, 9.17) is 11.5 Å². The molecule has 5 heteroatoms. The van der Waals surface area contributed by atoms with E-state index in [-0.39, 0.29) is 0 Å². The molecule has 0 radical (unpaired) electrons. The van der Waals surface area contributed by atoms with E-state index in [2.05, 4.69) is 9.88 Å². The Bertz CT molecular complexity index is 489. The van der Waals surface area contributed by atoms with Crippen molar-refractivity contribution >= 4 is 11.7 Å².